The second-order valence-electron chi connectivity index (χ2n) is 5.60. The van der Waals surface area contributed by atoms with Crippen molar-refractivity contribution in [2.45, 2.75) is 13.0 Å². The van der Waals surface area contributed by atoms with Crippen molar-refractivity contribution >= 4 is 47.4 Å². The Morgan fingerprint density at radius 3 is 2.37 bits per heavy atom. The van der Waals surface area contributed by atoms with Crippen LogP contribution < -0.4 is 16.0 Å². The molecule has 8 heteroatoms. The minimum absolute atomic E-state index is 0. The number of carbonyl (C=O) groups excluding carboxylic acids is 1. The summed E-state index contributed by atoms with van der Waals surface area (Å²) in [4.78, 5) is 16.0. The van der Waals surface area contributed by atoms with Gasteiger partial charge in [-0.2, -0.15) is 0 Å². The number of aliphatic imine (C=N–C) groups is 1. The van der Waals surface area contributed by atoms with E-state index >= 15 is 0 Å². The summed E-state index contributed by atoms with van der Waals surface area (Å²) in [5, 5.41) is 9.79. The van der Waals surface area contributed by atoms with E-state index < -0.39 is 0 Å². The van der Waals surface area contributed by atoms with Crippen molar-refractivity contribution in [1.29, 1.82) is 0 Å². The van der Waals surface area contributed by atoms with Gasteiger partial charge in [-0.1, -0.05) is 41.9 Å². The van der Waals surface area contributed by atoms with Crippen LogP contribution in [0.1, 0.15) is 11.1 Å². The van der Waals surface area contributed by atoms with E-state index in [1.807, 2.05) is 24.3 Å². The maximum absolute atomic E-state index is 12.8. The van der Waals surface area contributed by atoms with Crippen LogP contribution in [0.4, 0.5) is 4.39 Å². The van der Waals surface area contributed by atoms with Crippen LogP contribution in [0.2, 0.25) is 5.02 Å². The molecule has 0 unspecified atom stereocenters. The molecule has 1 amide bonds. The number of carbonyl (C=O) groups is 1. The van der Waals surface area contributed by atoms with Crippen LogP contribution in [0, 0.1) is 5.82 Å². The molecule has 0 heterocycles. The number of rotatable bonds is 7. The summed E-state index contributed by atoms with van der Waals surface area (Å²) in [7, 11) is 1.68. The van der Waals surface area contributed by atoms with Gasteiger partial charge < -0.3 is 16.0 Å². The SMILES string of the molecule is CN=C(NCCNC(=O)Cc1ccc(F)cc1)NCc1ccccc1Cl.I. The summed E-state index contributed by atoms with van der Waals surface area (Å²) in [5.74, 6) is 0.198. The van der Waals surface area contributed by atoms with E-state index in [1.165, 1.54) is 12.1 Å². The van der Waals surface area contributed by atoms with E-state index in [4.69, 9.17) is 11.6 Å². The standard InChI is InChI=1S/C19H22ClFN4O.HI/c1-22-19(25-13-15-4-2-3-5-17(15)20)24-11-10-23-18(26)12-14-6-8-16(21)9-7-14;/h2-9H,10-13H2,1H3,(H,23,26)(H2,22,24,25);1H. The molecule has 0 fully saturated rings. The van der Waals surface area contributed by atoms with Gasteiger partial charge in [-0.3, -0.25) is 9.79 Å². The van der Waals surface area contributed by atoms with E-state index in [9.17, 15) is 9.18 Å². The van der Waals surface area contributed by atoms with Gasteiger partial charge in [-0.05, 0) is 29.3 Å². The van der Waals surface area contributed by atoms with E-state index in [1.54, 1.807) is 19.2 Å². The minimum Gasteiger partial charge on any atom is -0.355 e. The Kier molecular flexibility index (Phi) is 10.7. The van der Waals surface area contributed by atoms with Crippen molar-refractivity contribution in [3.63, 3.8) is 0 Å². The zero-order chi connectivity index (χ0) is 18.8. The normalized spacial score (nSPS) is 10.7. The first-order chi connectivity index (χ1) is 12.6. The zero-order valence-corrected chi connectivity index (χ0v) is 18.1. The highest BCUT2D eigenvalue weighted by Gasteiger charge is 2.04. The first-order valence-electron chi connectivity index (χ1n) is 8.27. The Morgan fingerprint density at radius 1 is 1.04 bits per heavy atom. The van der Waals surface area contributed by atoms with Crippen LogP contribution in [0.3, 0.4) is 0 Å². The van der Waals surface area contributed by atoms with Crippen molar-refractivity contribution in [3.8, 4) is 0 Å². The number of halogens is 3. The fourth-order valence-corrected chi connectivity index (χ4v) is 2.48. The molecule has 2 aromatic rings. The molecule has 0 aromatic heterocycles. The number of nitrogens with one attached hydrogen (secondary N) is 3. The molecule has 0 saturated heterocycles. The van der Waals surface area contributed by atoms with Gasteiger partial charge in [-0.25, -0.2) is 4.39 Å². The van der Waals surface area contributed by atoms with Gasteiger partial charge in [0.15, 0.2) is 5.96 Å². The average molecular weight is 505 g/mol. The lowest BCUT2D eigenvalue weighted by molar-refractivity contribution is -0.120. The fourth-order valence-electron chi connectivity index (χ4n) is 2.27. The van der Waals surface area contributed by atoms with Crippen molar-refractivity contribution < 1.29 is 9.18 Å². The molecular weight excluding hydrogens is 482 g/mol. The maximum atomic E-state index is 12.8. The predicted octanol–water partition coefficient (Wildman–Crippen LogP) is 3.12. The smallest absolute Gasteiger partial charge is 0.224 e. The molecule has 2 rings (SSSR count). The van der Waals surface area contributed by atoms with E-state index in [0.29, 0.717) is 30.6 Å². The average Bonchev–Trinajstić information content (AvgIpc) is 2.64. The van der Waals surface area contributed by atoms with Gasteiger partial charge in [0.25, 0.3) is 0 Å². The van der Waals surface area contributed by atoms with E-state index in [0.717, 1.165) is 11.1 Å². The highest BCUT2D eigenvalue weighted by molar-refractivity contribution is 14.0. The zero-order valence-electron chi connectivity index (χ0n) is 15.0. The molecule has 27 heavy (non-hydrogen) atoms. The lowest BCUT2D eigenvalue weighted by atomic mass is 10.1. The van der Waals surface area contributed by atoms with Crippen molar-refractivity contribution in [1.82, 2.24) is 16.0 Å². The second-order valence-corrected chi connectivity index (χ2v) is 6.00. The third-order valence-electron chi connectivity index (χ3n) is 3.65. The van der Waals surface area contributed by atoms with Gasteiger partial charge in [0, 0.05) is 31.7 Å². The monoisotopic (exact) mass is 504 g/mol. The number of hydrogen-bond acceptors (Lipinski definition) is 2. The number of hydrogen-bond donors (Lipinski definition) is 3. The number of guanidine groups is 1. The van der Waals surface area contributed by atoms with Gasteiger partial charge >= 0.3 is 0 Å². The molecule has 0 aliphatic rings. The predicted molar refractivity (Wildman–Crippen MR) is 118 cm³/mol. The summed E-state index contributed by atoms with van der Waals surface area (Å²) in [6, 6.07) is 13.5. The molecule has 0 aliphatic heterocycles. The van der Waals surface area contributed by atoms with Crippen LogP contribution in [0.5, 0.6) is 0 Å². The van der Waals surface area contributed by atoms with Gasteiger partial charge in [-0.15, -0.1) is 24.0 Å². The number of amides is 1. The van der Waals surface area contributed by atoms with Crippen molar-refractivity contribution in [3.05, 3.63) is 70.5 Å². The van der Waals surface area contributed by atoms with Crippen LogP contribution in [0.25, 0.3) is 0 Å². The third-order valence-corrected chi connectivity index (χ3v) is 4.01. The van der Waals surface area contributed by atoms with Crippen LogP contribution in [-0.2, 0) is 17.8 Å². The molecule has 0 saturated carbocycles. The quantitative estimate of drug-likeness (QED) is 0.235. The molecule has 146 valence electrons. The van der Waals surface area contributed by atoms with Gasteiger partial charge in [0.05, 0.1) is 6.42 Å². The number of benzene rings is 2. The Morgan fingerprint density at radius 2 is 1.70 bits per heavy atom. The van der Waals surface area contributed by atoms with Crippen molar-refractivity contribution in [2.24, 2.45) is 4.99 Å². The largest absolute Gasteiger partial charge is 0.355 e. The van der Waals surface area contributed by atoms with Crippen LogP contribution >= 0.6 is 35.6 Å². The minimum atomic E-state index is -0.311. The second kappa shape index (κ2) is 12.5. The Hall–Kier alpha value is -1.87. The maximum Gasteiger partial charge on any atom is 0.224 e. The molecular formula is C19H23ClFIN4O. The van der Waals surface area contributed by atoms with Crippen LogP contribution in [0.15, 0.2) is 53.5 Å². The van der Waals surface area contributed by atoms with Gasteiger partial charge in [0.1, 0.15) is 5.82 Å². The van der Waals surface area contributed by atoms with E-state index in [2.05, 4.69) is 20.9 Å². The first-order valence-corrected chi connectivity index (χ1v) is 8.65. The lowest BCUT2D eigenvalue weighted by Crippen LogP contribution is -2.41. The lowest BCUT2D eigenvalue weighted by Gasteiger charge is -2.13. The topological polar surface area (TPSA) is 65.5 Å². The molecule has 3 N–H and O–H groups in total. The first kappa shape index (κ1) is 23.2. The molecule has 0 spiro atoms. The molecule has 0 atom stereocenters. The van der Waals surface area contributed by atoms with Crippen molar-refractivity contribution in [2.75, 3.05) is 20.1 Å². The number of nitrogens with zero attached hydrogens (tertiary/aromatic N) is 1. The molecule has 2 aromatic carbocycles. The molecule has 0 bridgehead atoms. The Labute approximate surface area is 180 Å². The Bertz CT molecular complexity index is 756. The molecule has 0 aliphatic carbocycles. The van der Waals surface area contributed by atoms with E-state index in [-0.39, 0.29) is 42.1 Å². The Balaban J connectivity index is 0.00000364. The summed E-state index contributed by atoms with van der Waals surface area (Å²) in [6.07, 6.45) is 0.222. The summed E-state index contributed by atoms with van der Waals surface area (Å²) < 4.78 is 12.8. The molecule has 5 nitrogen and oxygen atoms in total. The van der Waals surface area contributed by atoms with Gasteiger partial charge in [0.2, 0.25) is 5.91 Å². The van der Waals surface area contributed by atoms with Crippen LogP contribution in [-0.4, -0.2) is 32.0 Å². The third kappa shape index (κ3) is 8.57. The molecule has 0 radical (unpaired) electrons. The highest BCUT2D eigenvalue weighted by atomic mass is 127. The highest BCUT2D eigenvalue weighted by Crippen LogP contribution is 2.14. The summed E-state index contributed by atoms with van der Waals surface area (Å²) in [5.41, 5.74) is 1.75. The summed E-state index contributed by atoms with van der Waals surface area (Å²) >= 11 is 6.12. The fraction of sp³-hybridized carbons (Fsp3) is 0.263. The summed E-state index contributed by atoms with van der Waals surface area (Å²) in [6.45, 7) is 1.53.